The van der Waals surface area contributed by atoms with Crippen molar-refractivity contribution in [3.63, 3.8) is 0 Å². The number of hydrogen-bond acceptors (Lipinski definition) is 3. The van der Waals surface area contributed by atoms with Crippen LogP contribution in [0.1, 0.15) is 46.8 Å². The van der Waals surface area contributed by atoms with E-state index < -0.39 is 0 Å². The molecule has 1 aliphatic rings. The van der Waals surface area contributed by atoms with Gasteiger partial charge in [-0.3, -0.25) is 9.69 Å². The number of halogens is 1. The molecule has 0 aliphatic carbocycles. The van der Waals surface area contributed by atoms with Gasteiger partial charge < -0.3 is 0 Å². The lowest BCUT2D eigenvalue weighted by molar-refractivity contribution is 0.0955. The second-order valence-corrected chi connectivity index (χ2v) is 10.0. The van der Waals surface area contributed by atoms with Gasteiger partial charge in [0.1, 0.15) is 0 Å². The summed E-state index contributed by atoms with van der Waals surface area (Å²) in [4.78, 5) is 15.0. The normalized spacial score (nSPS) is 15.4. The predicted octanol–water partition coefficient (Wildman–Crippen LogP) is 5.90. The standard InChI is InChI=1S/C28H30IN3O/c1-21(26-8-5-9-27(29)19-26)30-31-28(33)25-12-10-24(11-13-25)20-32-16-14-23(15-17-32)18-22-6-3-2-4-7-22/h2-13,19,23H,14-18,20H2,1H3,(H,31,33)/b30-21-. The first-order valence-corrected chi connectivity index (χ1v) is 12.6. The van der Waals surface area contributed by atoms with Crippen molar-refractivity contribution in [1.29, 1.82) is 0 Å². The van der Waals surface area contributed by atoms with E-state index in [1.54, 1.807) is 0 Å². The van der Waals surface area contributed by atoms with E-state index in [1.807, 2.05) is 43.3 Å². The zero-order chi connectivity index (χ0) is 23.0. The molecule has 0 unspecified atom stereocenters. The molecule has 1 heterocycles. The van der Waals surface area contributed by atoms with Gasteiger partial charge in [-0.15, -0.1) is 0 Å². The summed E-state index contributed by atoms with van der Waals surface area (Å²) in [5.41, 5.74) is 7.78. The smallest absolute Gasteiger partial charge is 0.271 e. The fraction of sp³-hybridized carbons (Fsp3) is 0.286. The van der Waals surface area contributed by atoms with Gasteiger partial charge in [-0.1, -0.05) is 54.6 Å². The van der Waals surface area contributed by atoms with E-state index in [0.29, 0.717) is 5.56 Å². The Morgan fingerprint density at radius 2 is 1.67 bits per heavy atom. The summed E-state index contributed by atoms with van der Waals surface area (Å²) < 4.78 is 1.14. The van der Waals surface area contributed by atoms with Crippen LogP contribution in [0.25, 0.3) is 0 Å². The van der Waals surface area contributed by atoms with Crippen LogP contribution in [0.15, 0.2) is 84.0 Å². The molecular formula is C28H30IN3O. The van der Waals surface area contributed by atoms with Crippen LogP contribution in [-0.2, 0) is 13.0 Å². The van der Waals surface area contributed by atoms with Crippen LogP contribution in [0.5, 0.6) is 0 Å². The zero-order valence-corrected chi connectivity index (χ0v) is 21.2. The number of hydrazone groups is 1. The second-order valence-electron chi connectivity index (χ2n) is 8.75. The highest BCUT2D eigenvalue weighted by atomic mass is 127. The number of carbonyl (C=O) groups excluding carboxylic acids is 1. The lowest BCUT2D eigenvalue weighted by Gasteiger charge is -2.32. The van der Waals surface area contributed by atoms with E-state index in [0.717, 1.165) is 40.4 Å². The number of nitrogens with one attached hydrogen (secondary N) is 1. The molecule has 1 fully saturated rings. The van der Waals surface area contributed by atoms with Crippen molar-refractivity contribution in [2.24, 2.45) is 11.0 Å². The summed E-state index contributed by atoms with van der Waals surface area (Å²) in [6.07, 6.45) is 3.67. The molecular weight excluding hydrogens is 521 g/mol. The van der Waals surface area contributed by atoms with Crippen LogP contribution in [0.3, 0.4) is 0 Å². The molecule has 3 aromatic carbocycles. The maximum absolute atomic E-state index is 12.5. The fourth-order valence-electron chi connectivity index (χ4n) is 4.29. The van der Waals surface area contributed by atoms with Crippen molar-refractivity contribution in [3.8, 4) is 0 Å². The Morgan fingerprint density at radius 1 is 0.939 bits per heavy atom. The summed E-state index contributed by atoms with van der Waals surface area (Å²) in [7, 11) is 0. The van der Waals surface area contributed by atoms with Gasteiger partial charge in [-0.2, -0.15) is 5.10 Å². The molecule has 1 N–H and O–H groups in total. The Labute approximate surface area is 210 Å². The molecule has 170 valence electrons. The van der Waals surface area contributed by atoms with Crippen molar-refractivity contribution in [2.75, 3.05) is 13.1 Å². The first-order valence-electron chi connectivity index (χ1n) is 11.5. The minimum absolute atomic E-state index is 0.187. The summed E-state index contributed by atoms with van der Waals surface area (Å²) in [5.74, 6) is 0.589. The van der Waals surface area contributed by atoms with Gasteiger partial charge in [0, 0.05) is 15.7 Å². The summed E-state index contributed by atoms with van der Waals surface area (Å²) in [5, 5.41) is 4.27. The Morgan fingerprint density at radius 3 is 2.36 bits per heavy atom. The van der Waals surface area contributed by atoms with Gasteiger partial charge in [-0.05, 0) is 109 Å². The molecule has 4 nitrogen and oxygen atoms in total. The van der Waals surface area contributed by atoms with Crippen molar-refractivity contribution < 1.29 is 4.79 Å². The fourth-order valence-corrected chi connectivity index (χ4v) is 4.84. The van der Waals surface area contributed by atoms with Crippen LogP contribution in [0, 0.1) is 9.49 Å². The highest BCUT2D eigenvalue weighted by Gasteiger charge is 2.19. The molecule has 0 bridgehead atoms. The summed E-state index contributed by atoms with van der Waals surface area (Å²) in [6, 6.07) is 26.8. The number of hydrogen-bond donors (Lipinski definition) is 1. The zero-order valence-electron chi connectivity index (χ0n) is 19.0. The minimum atomic E-state index is -0.187. The Hall–Kier alpha value is -2.51. The molecule has 1 aliphatic heterocycles. The molecule has 4 rings (SSSR count). The average Bonchev–Trinajstić information content (AvgIpc) is 2.84. The molecule has 33 heavy (non-hydrogen) atoms. The van der Waals surface area contributed by atoms with Crippen LogP contribution < -0.4 is 5.43 Å². The maximum Gasteiger partial charge on any atom is 0.271 e. The second kappa shape index (κ2) is 11.6. The van der Waals surface area contributed by atoms with Gasteiger partial charge in [0.25, 0.3) is 5.91 Å². The van der Waals surface area contributed by atoms with E-state index in [9.17, 15) is 4.79 Å². The minimum Gasteiger partial charge on any atom is -0.299 e. The van der Waals surface area contributed by atoms with Crippen molar-refractivity contribution >= 4 is 34.2 Å². The van der Waals surface area contributed by atoms with Crippen molar-refractivity contribution in [1.82, 2.24) is 10.3 Å². The lowest BCUT2D eigenvalue weighted by Crippen LogP contribution is -2.33. The average molecular weight is 551 g/mol. The molecule has 0 saturated carbocycles. The molecule has 0 aromatic heterocycles. The number of piperidine rings is 1. The number of likely N-dealkylation sites (tertiary alicyclic amines) is 1. The molecule has 3 aromatic rings. The first kappa shape index (κ1) is 23.6. The molecule has 0 radical (unpaired) electrons. The van der Waals surface area contributed by atoms with E-state index in [-0.39, 0.29) is 5.91 Å². The van der Waals surface area contributed by atoms with Gasteiger partial charge in [0.2, 0.25) is 0 Å². The molecule has 0 atom stereocenters. The van der Waals surface area contributed by atoms with Gasteiger partial charge in [0.05, 0.1) is 5.71 Å². The van der Waals surface area contributed by atoms with Crippen LogP contribution in [0.2, 0.25) is 0 Å². The van der Waals surface area contributed by atoms with Crippen molar-refractivity contribution in [3.05, 3.63) is 105 Å². The highest BCUT2D eigenvalue weighted by Crippen LogP contribution is 2.23. The van der Waals surface area contributed by atoms with Gasteiger partial charge >= 0.3 is 0 Å². The number of carbonyl (C=O) groups is 1. The quantitative estimate of drug-likeness (QED) is 0.226. The van der Waals surface area contributed by atoms with Crippen LogP contribution in [0.4, 0.5) is 0 Å². The van der Waals surface area contributed by atoms with Crippen LogP contribution >= 0.6 is 22.6 Å². The number of benzene rings is 3. The number of rotatable bonds is 7. The molecule has 5 heteroatoms. The Bertz CT molecular complexity index is 1090. The topological polar surface area (TPSA) is 44.7 Å². The number of amides is 1. The van der Waals surface area contributed by atoms with E-state index in [2.05, 4.69) is 80.5 Å². The predicted molar refractivity (Wildman–Crippen MR) is 143 cm³/mol. The summed E-state index contributed by atoms with van der Waals surface area (Å²) >= 11 is 2.27. The first-order chi connectivity index (χ1) is 16.1. The number of nitrogens with zero attached hydrogens (tertiary/aromatic N) is 2. The largest absolute Gasteiger partial charge is 0.299 e. The van der Waals surface area contributed by atoms with Gasteiger partial charge in [0.15, 0.2) is 0 Å². The maximum atomic E-state index is 12.5. The third-order valence-electron chi connectivity index (χ3n) is 6.26. The van der Waals surface area contributed by atoms with E-state index >= 15 is 0 Å². The molecule has 1 amide bonds. The lowest BCUT2D eigenvalue weighted by atomic mass is 9.90. The third kappa shape index (κ3) is 6.98. The van der Waals surface area contributed by atoms with E-state index in [1.165, 1.54) is 30.4 Å². The Balaban J connectivity index is 1.25. The van der Waals surface area contributed by atoms with Crippen LogP contribution in [-0.4, -0.2) is 29.6 Å². The SMILES string of the molecule is C/C(=N/NC(=O)c1ccc(CN2CCC(Cc3ccccc3)CC2)cc1)c1cccc(I)c1. The highest BCUT2D eigenvalue weighted by molar-refractivity contribution is 14.1. The molecule has 0 spiro atoms. The summed E-state index contributed by atoms with van der Waals surface area (Å²) in [6.45, 7) is 5.10. The van der Waals surface area contributed by atoms with Gasteiger partial charge in [-0.25, -0.2) is 5.43 Å². The van der Waals surface area contributed by atoms with Crippen molar-refractivity contribution in [2.45, 2.75) is 32.7 Å². The third-order valence-corrected chi connectivity index (χ3v) is 6.94. The Kier molecular flexibility index (Phi) is 8.29. The monoisotopic (exact) mass is 551 g/mol. The van der Waals surface area contributed by atoms with E-state index in [4.69, 9.17) is 0 Å². The molecule has 1 saturated heterocycles.